The zero-order valence-electron chi connectivity index (χ0n) is 15.4. The highest BCUT2D eigenvalue weighted by Gasteiger charge is 2.36. The number of nitrogens with zero attached hydrogens (tertiary/aromatic N) is 1. The molecule has 0 aromatic heterocycles. The Bertz CT molecular complexity index is 634. The van der Waals surface area contributed by atoms with Crippen LogP contribution in [-0.2, 0) is 16.0 Å². The minimum Gasteiger partial charge on any atom is -0.356 e. The molecule has 1 aromatic rings. The Kier molecular flexibility index (Phi) is 6.64. The zero-order valence-corrected chi connectivity index (χ0v) is 15.4. The molecule has 26 heavy (non-hydrogen) atoms. The number of carbonyl (C=O) groups excluding carboxylic acids is 2. The summed E-state index contributed by atoms with van der Waals surface area (Å²) in [5.41, 5.74) is 0.695. The van der Waals surface area contributed by atoms with Crippen molar-refractivity contribution in [3.8, 4) is 0 Å². The van der Waals surface area contributed by atoms with Crippen LogP contribution in [0.25, 0.3) is 0 Å². The Balaban J connectivity index is 1.79. The van der Waals surface area contributed by atoms with Crippen LogP contribution in [0.2, 0.25) is 0 Å². The molecule has 1 saturated heterocycles. The second-order valence-corrected chi connectivity index (χ2v) is 7.56. The highest BCUT2D eigenvalue weighted by Crippen LogP contribution is 2.30. The molecule has 2 atom stereocenters. The summed E-state index contributed by atoms with van der Waals surface area (Å²) >= 11 is 0. The molecular formula is C21H29FN2O2. The third-order valence-electron chi connectivity index (χ3n) is 5.66. The van der Waals surface area contributed by atoms with Crippen LogP contribution in [0, 0.1) is 11.7 Å². The van der Waals surface area contributed by atoms with Crippen molar-refractivity contribution in [2.45, 2.75) is 63.8 Å². The van der Waals surface area contributed by atoms with E-state index in [1.54, 1.807) is 12.1 Å². The third kappa shape index (κ3) is 4.83. The Morgan fingerprint density at radius 3 is 2.77 bits per heavy atom. The summed E-state index contributed by atoms with van der Waals surface area (Å²) in [6.45, 7) is 1.43. The van der Waals surface area contributed by atoms with Crippen LogP contribution in [0.1, 0.15) is 56.9 Å². The molecule has 1 aromatic carbocycles. The predicted molar refractivity (Wildman–Crippen MR) is 99.0 cm³/mol. The lowest BCUT2D eigenvalue weighted by molar-refractivity contribution is -0.138. The summed E-state index contributed by atoms with van der Waals surface area (Å²) in [6, 6.07) is 6.22. The molecule has 1 aliphatic carbocycles. The fourth-order valence-corrected chi connectivity index (χ4v) is 4.29. The summed E-state index contributed by atoms with van der Waals surface area (Å²) in [4.78, 5) is 27.6. The van der Waals surface area contributed by atoms with Crippen molar-refractivity contribution in [3.63, 3.8) is 0 Å². The van der Waals surface area contributed by atoms with E-state index in [0.717, 1.165) is 57.9 Å². The number of benzene rings is 1. The van der Waals surface area contributed by atoms with Gasteiger partial charge in [-0.2, -0.15) is 0 Å². The molecule has 4 nitrogen and oxygen atoms in total. The first kappa shape index (κ1) is 18.9. The molecule has 0 radical (unpaired) electrons. The van der Waals surface area contributed by atoms with Gasteiger partial charge in [0.2, 0.25) is 11.8 Å². The normalized spacial score (nSPS) is 25.0. The van der Waals surface area contributed by atoms with Gasteiger partial charge in [0.15, 0.2) is 0 Å². The van der Waals surface area contributed by atoms with E-state index in [1.807, 2.05) is 4.90 Å². The maximum Gasteiger partial charge on any atom is 0.227 e. The fraction of sp³-hybridized carbons (Fsp3) is 0.619. The zero-order chi connectivity index (χ0) is 18.4. The van der Waals surface area contributed by atoms with Crippen molar-refractivity contribution >= 4 is 11.8 Å². The van der Waals surface area contributed by atoms with Crippen LogP contribution in [0.3, 0.4) is 0 Å². The molecule has 1 heterocycles. The molecule has 2 unspecified atom stereocenters. The SMILES string of the molecule is O=C1NCCCCCCN(C(=O)Cc2cccc(F)c2)C2CCCCC12. The van der Waals surface area contributed by atoms with E-state index >= 15 is 0 Å². The maximum absolute atomic E-state index is 13.5. The molecule has 142 valence electrons. The third-order valence-corrected chi connectivity index (χ3v) is 5.66. The number of nitrogens with one attached hydrogen (secondary N) is 1. The Morgan fingerprint density at radius 1 is 1.12 bits per heavy atom. The topological polar surface area (TPSA) is 49.4 Å². The summed E-state index contributed by atoms with van der Waals surface area (Å²) in [5.74, 6) is -0.319. The van der Waals surface area contributed by atoms with E-state index in [9.17, 15) is 14.0 Å². The minimum atomic E-state index is -0.317. The smallest absolute Gasteiger partial charge is 0.227 e. The lowest BCUT2D eigenvalue weighted by atomic mass is 9.82. The van der Waals surface area contributed by atoms with Gasteiger partial charge in [0.05, 0.1) is 12.3 Å². The van der Waals surface area contributed by atoms with E-state index in [0.29, 0.717) is 12.1 Å². The van der Waals surface area contributed by atoms with Crippen molar-refractivity contribution < 1.29 is 14.0 Å². The van der Waals surface area contributed by atoms with Crippen LogP contribution < -0.4 is 5.32 Å². The number of rotatable bonds is 2. The van der Waals surface area contributed by atoms with E-state index in [-0.39, 0.29) is 36.0 Å². The molecule has 2 fully saturated rings. The van der Waals surface area contributed by atoms with Gasteiger partial charge < -0.3 is 10.2 Å². The van der Waals surface area contributed by atoms with E-state index in [2.05, 4.69) is 5.32 Å². The van der Waals surface area contributed by atoms with Crippen LogP contribution in [0.5, 0.6) is 0 Å². The molecule has 1 N–H and O–H groups in total. The van der Waals surface area contributed by atoms with Gasteiger partial charge in [0.25, 0.3) is 0 Å². The number of fused-ring (bicyclic) bond motifs is 1. The minimum absolute atomic E-state index is 0.0135. The average molecular weight is 360 g/mol. The molecule has 0 bridgehead atoms. The standard InChI is InChI=1S/C21H29FN2O2/c22-17-9-7-8-16(14-17)15-20(25)24-13-6-2-1-5-12-23-21(26)18-10-3-4-11-19(18)24/h7-9,14,18-19H,1-6,10-13,15H2,(H,23,26). The van der Waals surface area contributed by atoms with Crippen LogP contribution in [-0.4, -0.2) is 35.8 Å². The summed E-state index contributed by atoms with van der Waals surface area (Å²) < 4.78 is 13.5. The number of hydrogen-bond donors (Lipinski definition) is 1. The van der Waals surface area contributed by atoms with Crippen LogP contribution in [0.15, 0.2) is 24.3 Å². The van der Waals surface area contributed by atoms with Gasteiger partial charge >= 0.3 is 0 Å². The first-order valence-electron chi connectivity index (χ1n) is 9.97. The Morgan fingerprint density at radius 2 is 1.92 bits per heavy atom. The van der Waals surface area contributed by atoms with Crippen LogP contribution >= 0.6 is 0 Å². The highest BCUT2D eigenvalue weighted by atomic mass is 19.1. The average Bonchev–Trinajstić information content (AvgIpc) is 2.66. The number of carbonyl (C=O) groups is 2. The molecule has 2 amide bonds. The van der Waals surface area contributed by atoms with Crippen molar-refractivity contribution in [1.29, 1.82) is 0 Å². The van der Waals surface area contributed by atoms with Crippen LogP contribution in [0.4, 0.5) is 4.39 Å². The van der Waals surface area contributed by atoms with Gasteiger partial charge in [-0.25, -0.2) is 4.39 Å². The van der Waals surface area contributed by atoms with Crippen molar-refractivity contribution in [2.24, 2.45) is 5.92 Å². The highest BCUT2D eigenvalue weighted by molar-refractivity contribution is 5.82. The molecule has 0 spiro atoms. The largest absolute Gasteiger partial charge is 0.356 e. The maximum atomic E-state index is 13.5. The molecule has 1 aliphatic heterocycles. The molecular weight excluding hydrogens is 331 g/mol. The molecule has 1 saturated carbocycles. The Labute approximate surface area is 155 Å². The predicted octanol–water partition coefficient (Wildman–Crippen LogP) is 3.45. The molecule has 2 aliphatic rings. The van der Waals surface area contributed by atoms with Gasteiger partial charge in [-0.05, 0) is 43.4 Å². The first-order valence-corrected chi connectivity index (χ1v) is 9.97. The number of halogens is 1. The first-order chi connectivity index (χ1) is 12.6. The molecule has 3 rings (SSSR count). The van der Waals surface area contributed by atoms with Gasteiger partial charge in [-0.15, -0.1) is 0 Å². The second kappa shape index (κ2) is 9.15. The van der Waals surface area contributed by atoms with E-state index < -0.39 is 0 Å². The number of hydrogen-bond acceptors (Lipinski definition) is 2. The summed E-state index contributed by atoms with van der Waals surface area (Å²) in [7, 11) is 0. The fourth-order valence-electron chi connectivity index (χ4n) is 4.29. The Hall–Kier alpha value is -1.91. The van der Waals surface area contributed by atoms with Gasteiger partial charge in [0, 0.05) is 19.1 Å². The van der Waals surface area contributed by atoms with Gasteiger partial charge in [0.1, 0.15) is 5.82 Å². The summed E-state index contributed by atoms with van der Waals surface area (Å²) in [5, 5.41) is 3.07. The monoisotopic (exact) mass is 360 g/mol. The van der Waals surface area contributed by atoms with Crippen molar-refractivity contribution in [2.75, 3.05) is 13.1 Å². The lowest BCUT2D eigenvalue weighted by Gasteiger charge is -2.39. The quantitative estimate of drug-likeness (QED) is 0.878. The molecule has 5 heteroatoms. The lowest BCUT2D eigenvalue weighted by Crippen LogP contribution is -2.51. The van der Waals surface area contributed by atoms with Crippen molar-refractivity contribution in [1.82, 2.24) is 10.2 Å². The summed E-state index contributed by atoms with van der Waals surface area (Å²) in [6.07, 6.45) is 8.12. The van der Waals surface area contributed by atoms with Crippen molar-refractivity contribution in [3.05, 3.63) is 35.6 Å². The second-order valence-electron chi connectivity index (χ2n) is 7.56. The van der Waals surface area contributed by atoms with E-state index in [1.165, 1.54) is 12.1 Å². The van der Waals surface area contributed by atoms with Gasteiger partial charge in [-0.1, -0.05) is 37.8 Å². The van der Waals surface area contributed by atoms with E-state index in [4.69, 9.17) is 0 Å². The van der Waals surface area contributed by atoms with Gasteiger partial charge in [-0.3, -0.25) is 9.59 Å². The number of amides is 2.